The number of benzene rings is 2. The van der Waals surface area contributed by atoms with Crippen LogP contribution in [0.5, 0.6) is 11.5 Å². The number of para-hydroxylation sites is 1. The van der Waals surface area contributed by atoms with Crippen LogP contribution in [-0.4, -0.2) is 46.9 Å². The molecule has 2 rings (SSSR count). The van der Waals surface area contributed by atoms with Gasteiger partial charge in [0.05, 0.1) is 25.1 Å². The minimum atomic E-state index is -3.41. The molecule has 2 aromatic carbocycles. The summed E-state index contributed by atoms with van der Waals surface area (Å²) in [6.07, 6.45) is 1.81. The van der Waals surface area contributed by atoms with Crippen LogP contribution in [0.25, 0.3) is 0 Å². The zero-order valence-electron chi connectivity index (χ0n) is 17.0. The van der Waals surface area contributed by atoms with E-state index in [1.807, 2.05) is 13.0 Å². The van der Waals surface area contributed by atoms with Crippen molar-refractivity contribution in [1.29, 1.82) is 0 Å². The normalized spacial score (nSPS) is 12.1. The molecule has 1 atom stereocenters. The van der Waals surface area contributed by atoms with Gasteiger partial charge in [-0.05, 0) is 49.7 Å². The van der Waals surface area contributed by atoms with Crippen molar-refractivity contribution in [2.24, 2.45) is 0 Å². The first-order valence-electron chi connectivity index (χ1n) is 9.38. The summed E-state index contributed by atoms with van der Waals surface area (Å²) < 4.78 is 36.2. The van der Waals surface area contributed by atoms with Gasteiger partial charge < -0.3 is 14.8 Å². The Morgan fingerprint density at radius 3 is 2.28 bits per heavy atom. The maximum Gasteiger partial charge on any atom is 0.232 e. The highest BCUT2D eigenvalue weighted by atomic mass is 32.2. The molecule has 7 nitrogen and oxygen atoms in total. The van der Waals surface area contributed by atoms with E-state index in [0.717, 1.165) is 5.75 Å². The number of rotatable bonds is 11. The van der Waals surface area contributed by atoms with Crippen LogP contribution in [0.2, 0.25) is 0 Å². The summed E-state index contributed by atoms with van der Waals surface area (Å²) in [6, 6.07) is 15.9. The van der Waals surface area contributed by atoms with E-state index in [1.165, 1.54) is 10.6 Å². The van der Waals surface area contributed by atoms with Crippen molar-refractivity contribution >= 4 is 21.6 Å². The van der Waals surface area contributed by atoms with Gasteiger partial charge in [-0.15, -0.1) is 0 Å². The lowest BCUT2D eigenvalue weighted by Crippen LogP contribution is -2.37. The van der Waals surface area contributed by atoms with Crippen molar-refractivity contribution < 1.29 is 22.7 Å². The molecular weight excluding hydrogens is 392 g/mol. The van der Waals surface area contributed by atoms with Gasteiger partial charge >= 0.3 is 0 Å². The Bertz CT molecular complexity index is 870. The molecule has 0 fully saturated rings. The van der Waals surface area contributed by atoms with Crippen LogP contribution in [-0.2, 0) is 14.8 Å². The average Bonchev–Trinajstić information content (AvgIpc) is 2.69. The van der Waals surface area contributed by atoms with E-state index in [9.17, 15) is 13.2 Å². The lowest BCUT2D eigenvalue weighted by Gasteiger charge is -2.22. The molecule has 1 amide bonds. The number of ether oxygens (including phenoxy) is 2. The lowest BCUT2D eigenvalue weighted by molar-refractivity contribution is -0.121. The molecule has 0 spiro atoms. The number of hydrogen-bond acceptors (Lipinski definition) is 5. The summed E-state index contributed by atoms with van der Waals surface area (Å²) >= 11 is 0. The molecule has 0 aromatic heterocycles. The van der Waals surface area contributed by atoms with E-state index in [0.29, 0.717) is 24.5 Å². The highest BCUT2D eigenvalue weighted by molar-refractivity contribution is 7.92. The number of hydrogen-bond donors (Lipinski definition) is 1. The molecule has 1 N–H and O–H groups in total. The van der Waals surface area contributed by atoms with Crippen LogP contribution >= 0.6 is 0 Å². The fraction of sp³-hybridized carbons (Fsp3) is 0.381. The molecule has 29 heavy (non-hydrogen) atoms. The van der Waals surface area contributed by atoms with Crippen LogP contribution in [0.1, 0.15) is 19.8 Å². The molecule has 8 heteroatoms. The van der Waals surface area contributed by atoms with E-state index in [1.54, 1.807) is 55.6 Å². The first kappa shape index (κ1) is 22.5. The second kappa shape index (κ2) is 10.7. The second-order valence-electron chi connectivity index (χ2n) is 6.73. The van der Waals surface area contributed by atoms with Gasteiger partial charge in [0.2, 0.25) is 15.9 Å². The van der Waals surface area contributed by atoms with Crippen LogP contribution in [0.15, 0.2) is 54.6 Å². The minimum Gasteiger partial charge on any atom is -0.497 e. The number of carbonyl (C=O) groups is 1. The summed E-state index contributed by atoms with van der Waals surface area (Å²) in [6.45, 7) is 2.43. The Hall–Kier alpha value is -2.74. The zero-order chi connectivity index (χ0) is 21.3. The van der Waals surface area contributed by atoms with Crippen molar-refractivity contribution in [3.8, 4) is 11.5 Å². The Balaban J connectivity index is 1.76. The molecule has 0 heterocycles. The summed E-state index contributed by atoms with van der Waals surface area (Å²) in [4.78, 5) is 12.2. The number of methoxy groups -OCH3 is 1. The SMILES string of the molecule is COc1ccc(OC[C@H](C)NC(=O)CCCN(c2ccccc2)S(C)(=O)=O)cc1. The first-order chi connectivity index (χ1) is 13.8. The highest BCUT2D eigenvalue weighted by Crippen LogP contribution is 2.18. The Labute approximate surface area is 172 Å². The quantitative estimate of drug-likeness (QED) is 0.604. The summed E-state index contributed by atoms with van der Waals surface area (Å²) in [5.74, 6) is 1.30. The molecule has 0 unspecified atom stereocenters. The largest absolute Gasteiger partial charge is 0.497 e. The van der Waals surface area contributed by atoms with E-state index in [4.69, 9.17) is 9.47 Å². The van der Waals surface area contributed by atoms with Crippen LogP contribution in [0, 0.1) is 0 Å². The molecule has 0 aliphatic heterocycles. The maximum absolute atomic E-state index is 12.2. The fourth-order valence-corrected chi connectivity index (χ4v) is 3.71. The van der Waals surface area contributed by atoms with E-state index >= 15 is 0 Å². The number of anilines is 1. The van der Waals surface area contributed by atoms with Gasteiger partial charge in [0, 0.05) is 13.0 Å². The van der Waals surface area contributed by atoms with Gasteiger partial charge in [-0.3, -0.25) is 9.10 Å². The van der Waals surface area contributed by atoms with Crippen molar-refractivity contribution in [3.63, 3.8) is 0 Å². The highest BCUT2D eigenvalue weighted by Gasteiger charge is 2.17. The van der Waals surface area contributed by atoms with Crippen LogP contribution in [0.4, 0.5) is 5.69 Å². The van der Waals surface area contributed by atoms with Gasteiger partial charge in [-0.1, -0.05) is 18.2 Å². The van der Waals surface area contributed by atoms with Crippen LogP contribution in [0.3, 0.4) is 0 Å². The topological polar surface area (TPSA) is 84.9 Å². The molecule has 0 aliphatic carbocycles. The van der Waals surface area contributed by atoms with Crippen molar-refractivity contribution in [1.82, 2.24) is 5.32 Å². The van der Waals surface area contributed by atoms with Crippen molar-refractivity contribution in [3.05, 3.63) is 54.6 Å². The Morgan fingerprint density at radius 1 is 1.07 bits per heavy atom. The monoisotopic (exact) mass is 420 g/mol. The smallest absolute Gasteiger partial charge is 0.232 e. The van der Waals surface area contributed by atoms with Crippen molar-refractivity contribution in [2.75, 3.05) is 30.8 Å². The fourth-order valence-electron chi connectivity index (χ4n) is 2.75. The maximum atomic E-state index is 12.2. The molecule has 0 radical (unpaired) electrons. The van der Waals surface area contributed by atoms with Gasteiger partial charge in [0.1, 0.15) is 18.1 Å². The number of nitrogens with zero attached hydrogens (tertiary/aromatic N) is 1. The minimum absolute atomic E-state index is 0.141. The number of nitrogens with one attached hydrogen (secondary N) is 1. The standard InChI is InChI=1S/C21H28N2O5S/c1-17(16-28-20-13-11-19(27-2)12-14-20)22-21(24)10-7-15-23(29(3,25)26)18-8-5-4-6-9-18/h4-6,8-9,11-14,17H,7,10,15-16H2,1-3H3,(H,22,24)/t17-/m0/s1. The summed E-state index contributed by atoms with van der Waals surface area (Å²) in [7, 11) is -1.81. The van der Waals surface area contributed by atoms with E-state index < -0.39 is 10.0 Å². The average molecular weight is 421 g/mol. The second-order valence-corrected chi connectivity index (χ2v) is 8.64. The molecular formula is C21H28N2O5S. The third-order valence-corrected chi connectivity index (χ3v) is 5.37. The predicted molar refractivity (Wildman–Crippen MR) is 114 cm³/mol. The Kier molecular flexibility index (Phi) is 8.33. The molecule has 158 valence electrons. The molecule has 0 saturated heterocycles. The summed E-state index contributed by atoms with van der Waals surface area (Å²) in [5.41, 5.74) is 0.594. The number of amides is 1. The van der Waals surface area contributed by atoms with Gasteiger partial charge in [0.25, 0.3) is 0 Å². The number of carbonyl (C=O) groups excluding carboxylic acids is 1. The van der Waals surface area contributed by atoms with Gasteiger partial charge in [-0.25, -0.2) is 8.42 Å². The summed E-state index contributed by atoms with van der Waals surface area (Å²) in [5, 5.41) is 2.87. The Morgan fingerprint density at radius 2 is 1.69 bits per heavy atom. The van der Waals surface area contributed by atoms with E-state index in [-0.39, 0.29) is 24.9 Å². The third-order valence-electron chi connectivity index (χ3n) is 4.18. The lowest BCUT2D eigenvalue weighted by atomic mass is 10.2. The molecule has 2 aromatic rings. The zero-order valence-corrected chi connectivity index (χ0v) is 17.8. The van der Waals surface area contributed by atoms with Gasteiger partial charge in [-0.2, -0.15) is 0 Å². The number of sulfonamides is 1. The predicted octanol–water partition coefficient (Wildman–Crippen LogP) is 2.83. The van der Waals surface area contributed by atoms with Crippen LogP contribution < -0.4 is 19.1 Å². The molecule has 0 saturated carbocycles. The molecule has 0 aliphatic rings. The third kappa shape index (κ3) is 7.65. The van der Waals surface area contributed by atoms with E-state index in [2.05, 4.69) is 5.32 Å². The van der Waals surface area contributed by atoms with Gasteiger partial charge in [0.15, 0.2) is 0 Å². The van der Waals surface area contributed by atoms with Crippen molar-refractivity contribution in [2.45, 2.75) is 25.8 Å². The first-order valence-corrected chi connectivity index (χ1v) is 11.2. The molecule has 0 bridgehead atoms.